The van der Waals surface area contributed by atoms with Gasteiger partial charge in [0.15, 0.2) is 0 Å². The molecule has 0 saturated carbocycles. The molecule has 7 nitrogen and oxygen atoms in total. The zero-order valence-corrected chi connectivity index (χ0v) is 13.2. The van der Waals surface area contributed by atoms with E-state index >= 15 is 0 Å². The van der Waals surface area contributed by atoms with E-state index in [0.29, 0.717) is 5.95 Å². The van der Waals surface area contributed by atoms with Gasteiger partial charge in [-0.05, 0) is 22.4 Å². The number of anilines is 2. The first kappa shape index (κ1) is 14.7. The van der Waals surface area contributed by atoms with Gasteiger partial charge in [-0.25, -0.2) is 4.98 Å². The van der Waals surface area contributed by atoms with E-state index in [-0.39, 0.29) is 0 Å². The quantitative estimate of drug-likeness (QED) is 0.801. The lowest BCUT2D eigenvalue weighted by molar-refractivity contribution is 0.787. The fourth-order valence-corrected chi connectivity index (χ4v) is 1.97. The molecule has 0 fully saturated rings. The van der Waals surface area contributed by atoms with E-state index in [1.807, 2.05) is 11.6 Å². The maximum absolute atomic E-state index is 4.43. The fraction of sp³-hybridized carbons (Fsp3) is 0.500. The first-order chi connectivity index (χ1) is 9.70. The number of halogens is 1. The highest BCUT2D eigenvalue weighted by Crippen LogP contribution is 2.19. The molecule has 2 aromatic rings. The molecule has 0 aliphatic rings. The van der Waals surface area contributed by atoms with Crippen molar-refractivity contribution in [1.29, 1.82) is 0 Å². The number of hydrogen-bond donors (Lipinski definition) is 2. The van der Waals surface area contributed by atoms with E-state index < -0.39 is 0 Å². The van der Waals surface area contributed by atoms with E-state index in [9.17, 15) is 0 Å². The maximum Gasteiger partial charge on any atom is 0.224 e. The van der Waals surface area contributed by atoms with E-state index in [4.69, 9.17) is 0 Å². The normalized spacial score (nSPS) is 10.6. The van der Waals surface area contributed by atoms with Gasteiger partial charge in [-0.1, -0.05) is 6.92 Å². The van der Waals surface area contributed by atoms with Crippen LogP contribution in [0.5, 0.6) is 0 Å². The van der Waals surface area contributed by atoms with Crippen molar-refractivity contribution >= 4 is 27.7 Å². The van der Waals surface area contributed by atoms with E-state index in [0.717, 1.165) is 42.0 Å². The molecule has 0 bridgehead atoms. The highest BCUT2D eigenvalue weighted by Gasteiger charge is 2.05. The monoisotopic (exact) mass is 339 g/mol. The van der Waals surface area contributed by atoms with Gasteiger partial charge in [0.1, 0.15) is 18.0 Å². The third kappa shape index (κ3) is 3.89. The lowest BCUT2D eigenvalue weighted by atomic mass is 10.4. The average molecular weight is 340 g/mol. The van der Waals surface area contributed by atoms with Crippen molar-refractivity contribution in [3.63, 3.8) is 0 Å². The van der Waals surface area contributed by atoms with Crippen LogP contribution in [-0.2, 0) is 13.5 Å². The Morgan fingerprint density at radius 1 is 1.30 bits per heavy atom. The second kappa shape index (κ2) is 7.18. The van der Waals surface area contributed by atoms with Gasteiger partial charge in [0, 0.05) is 32.8 Å². The van der Waals surface area contributed by atoms with Crippen molar-refractivity contribution in [3.8, 4) is 0 Å². The van der Waals surface area contributed by atoms with Crippen LogP contribution in [0.1, 0.15) is 19.2 Å². The van der Waals surface area contributed by atoms with Gasteiger partial charge in [-0.2, -0.15) is 4.98 Å². The molecule has 108 valence electrons. The SMILES string of the molecule is CCCNc1ncc(Br)c(NCCc2nncn2C)n1. The maximum atomic E-state index is 4.43. The van der Waals surface area contributed by atoms with Crippen LogP contribution in [0, 0.1) is 0 Å². The molecule has 2 aromatic heterocycles. The van der Waals surface area contributed by atoms with Crippen LogP contribution < -0.4 is 10.6 Å². The molecule has 2 rings (SSSR count). The number of nitrogens with one attached hydrogen (secondary N) is 2. The van der Waals surface area contributed by atoms with Crippen molar-refractivity contribution in [3.05, 3.63) is 22.8 Å². The van der Waals surface area contributed by atoms with Crippen molar-refractivity contribution in [2.75, 3.05) is 23.7 Å². The minimum Gasteiger partial charge on any atom is -0.369 e. The molecular weight excluding hydrogens is 322 g/mol. The van der Waals surface area contributed by atoms with Crippen molar-refractivity contribution in [1.82, 2.24) is 24.7 Å². The predicted octanol–water partition coefficient (Wildman–Crippen LogP) is 1.84. The summed E-state index contributed by atoms with van der Waals surface area (Å²) in [5.74, 6) is 2.35. The molecule has 0 spiro atoms. The smallest absolute Gasteiger partial charge is 0.224 e. The van der Waals surface area contributed by atoms with E-state index in [2.05, 4.69) is 53.7 Å². The van der Waals surface area contributed by atoms with Crippen LogP contribution in [0.4, 0.5) is 11.8 Å². The van der Waals surface area contributed by atoms with Gasteiger partial charge < -0.3 is 15.2 Å². The van der Waals surface area contributed by atoms with E-state index in [1.165, 1.54) is 0 Å². The molecule has 0 aliphatic heterocycles. The minimum atomic E-state index is 0.635. The van der Waals surface area contributed by atoms with Gasteiger partial charge in [0.05, 0.1) is 4.47 Å². The van der Waals surface area contributed by atoms with Crippen LogP contribution >= 0.6 is 15.9 Å². The summed E-state index contributed by atoms with van der Waals surface area (Å²) in [5.41, 5.74) is 0. The second-order valence-corrected chi connectivity index (χ2v) is 5.21. The zero-order valence-electron chi connectivity index (χ0n) is 11.6. The topological polar surface area (TPSA) is 80.5 Å². The highest BCUT2D eigenvalue weighted by atomic mass is 79.9. The van der Waals surface area contributed by atoms with Crippen molar-refractivity contribution < 1.29 is 0 Å². The molecular formula is C12H18BrN7. The average Bonchev–Trinajstić information content (AvgIpc) is 2.85. The van der Waals surface area contributed by atoms with Crippen molar-refractivity contribution in [2.24, 2.45) is 7.05 Å². The summed E-state index contributed by atoms with van der Waals surface area (Å²) < 4.78 is 2.75. The Morgan fingerprint density at radius 3 is 2.85 bits per heavy atom. The molecule has 20 heavy (non-hydrogen) atoms. The predicted molar refractivity (Wildman–Crippen MR) is 81.7 cm³/mol. The third-order valence-corrected chi connectivity index (χ3v) is 3.30. The molecule has 0 radical (unpaired) electrons. The summed E-state index contributed by atoms with van der Waals surface area (Å²) in [6, 6.07) is 0. The van der Waals surface area contributed by atoms with Gasteiger partial charge in [-0.15, -0.1) is 10.2 Å². The highest BCUT2D eigenvalue weighted by molar-refractivity contribution is 9.10. The van der Waals surface area contributed by atoms with Crippen LogP contribution in [-0.4, -0.2) is 37.8 Å². The Kier molecular flexibility index (Phi) is 5.28. The van der Waals surface area contributed by atoms with Gasteiger partial charge in [0.25, 0.3) is 0 Å². The summed E-state index contributed by atoms with van der Waals surface area (Å²) in [6.45, 7) is 3.70. The lowest BCUT2D eigenvalue weighted by Gasteiger charge is -2.09. The first-order valence-corrected chi connectivity index (χ1v) is 7.33. The van der Waals surface area contributed by atoms with Gasteiger partial charge >= 0.3 is 0 Å². The third-order valence-electron chi connectivity index (χ3n) is 2.72. The summed E-state index contributed by atoms with van der Waals surface area (Å²) in [6.07, 6.45) is 5.26. The Hall–Kier alpha value is -1.70. The Bertz CT molecular complexity index is 554. The molecule has 8 heteroatoms. The zero-order chi connectivity index (χ0) is 14.4. The standard InChI is InChI=1S/C12H18BrN7/c1-3-5-15-12-16-7-9(13)11(18-12)14-6-4-10-19-17-8-20(10)2/h7-8H,3-6H2,1-2H3,(H2,14,15,16,18). The molecule has 0 unspecified atom stereocenters. The number of aryl methyl sites for hydroxylation is 1. The Balaban J connectivity index is 1.92. The van der Waals surface area contributed by atoms with E-state index in [1.54, 1.807) is 12.5 Å². The molecule has 0 saturated heterocycles. The molecule has 2 heterocycles. The van der Waals surface area contributed by atoms with Crippen LogP contribution in [0.2, 0.25) is 0 Å². The first-order valence-electron chi connectivity index (χ1n) is 6.54. The van der Waals surface area contributed by atoms with Crippen LogP contribution in [0.15, 0.2) is 17.0 Å². The second-order valence-electron chi connectivity index (χ2n) is 4.35. The van der Waals surface area contributed by atoms with Crippen molar-refractivity contribution in [2.45, 2.75) is 19.8 Å². The fourth-order valence-electron chi connectivity index (χ4n) is 1.64. The lowest BCUT2D eigenvalue weighted by Crippen LogP contribution is -2.12. The summed E-state index contributed by atoms with van der Waals surface area (Å²) in [5, 5.41) is 14.3. The summed E-state index contributed by atoms with van der Waals surface area (Å²) >= 11 is 3.44. The van der Waals surface area contributed by atoms with Gasteiger partial charge in [-0.3, -0.25) is 0 Å². The molecule has 0 amide bonds. The summed E-state index contributed by atoms with van der Waals surface area (Å²) in [4.78, 5) is 8.64. The molecule has 0 atom stereocenters. The van der Waals surface area contributed by atoms with Crippen LogP contribution in [0.3, 0.4) is 0 Å². The number of hydrogen-bond acceptors (Lipinski definition) is 6. The minimum absolute atomic E-state index is 0.635. The number of rotatable bonds is 7. The number of aromatic nitrogens is 5. The van der Waals surface area contributed by atoms with Gasteiger partial charge in [0.2, 0.25) is 5.95 Å². The Labute approximate surface area is 126 Å². The molecule has 0 aromatic carbocycles. The summed E-state index contributed by atoms with van der Waals surface area (Å²) in [7, 11) is 1.93. The number of nitrogens with zero attached hydrogens (tertiary/aromatic N) is 5. The largest absolute Gasteiger partial charge is 0.369 e. The molecule has 0 aliphatic carbocycles. The Morgan fingerprint density at radius 2 is 2.15 bits per heavy atom. The van der Waals surface area contributed by atoms with Crippen LogP contribution in [0.25, 0.3) is 0 Å². The molecule has 2 N–H and O–H groups in total.